The molecule has 26 heavy (non-hydrogen) atoms. The molecule has 0 bridgehead atoms. The van der Waals surface area contributed by atoms with Crippen molar-refractivity contribution < 1.29 is 9.53 Å². The molecule has 1 amide bonds. The monoisotopic (exact) mass is 355 g/mol. The molecule has 2 heterocycles. The Morgan fingerprint density at radius 1 is 1.12 bits per heavy atom. The van der Waals surface area contributed by atoms with Gasteiger partial charge in [-0.1, -0.05) is 12.1 Å². The summed E-state index contributed by atoms with van der Waals surface area (Å²) in [4.78, 5) is 25.2. The molecule has 1 N–H and O–H groups in total. The second-order valence-corrected chi connectivity index (χ2v) is 6.55. The first-order valence-electron chi connectivity index (χ1n) is 8.84. The first kappa shape index (κ1) is 18.0. The van der Waals surface area contributed by atoms with Crippen LogP contribution in [-0.4, -0.2) is 60.1 Å². The van der Waals surface area contributed by atoms with E-state index in [2.05, 4.69) is 20.2 Å². The van der Waals surface area contributed by atoms with Gasteiger partial charge in [-0.3, -0.25) is 4.79 Å². The lowest BCUT2D eigenvalue weighted by atomic mass is 10.2. The van der Waals surface area contributed by atoms with Gasteiger partial charge < -0.3 is 19.9 Å². The SMILES string of the molecule is COc1ccccc1N1CCN(C(=O)c2cnc(NC(C)C)nc2)CC1. The van der Waals surface area contributed by atoms with Crippen molar-refractivity contribution in [2.24, 2.45) is 0 Å². The predicted molar refractivity (Wildman–Crippen MR) is 102 cm³/mol. The molecule has 1 aromatic carbocycles. The minimum absolute atomic E-state index is 0.0271. The lowest BCUT2D eigenvalue weighted by molar-refractivity contribution is 0.0746. The molecule has 0 radical (unpaired) electrons. The van der Waals surface area contributed by atoms with Crippen LogP contribution in [0, 0.1) is 0 Å². The van der Waals surface area contributed by atoms with Crippen molar-refractivity contribution in [3.63, 3.8) is 0 Å². The zero-order valence-corrected chi connectivity index (χ0v) is 15.5. The summed E-state index contributed by atoms with van der Waals surface area (Å²) in [5, 5.41) is 3.12. The number of aromatic nitrogens is 2. The van der Waals surface area contributed by atoms with Crippen molar-refractivity contribution in [3.8, 4) is 5.75 Å². The Morgan fingerprint density at radius 2 is 1.77 bits per heavy atom. The van der Waals surface area contributed by atoms with Crippen LogP contribution in [0.1, 0.15) is 24.2 Å². The van der Waals surface area contributed by atoms with E-state index in [1.54, 1.807) is 19.5 Å². The van der Waals surface area contributed by atoms with Gasteiger partial charge in [0.1, 0.15) is 5.75 Å². The van der Waals surface area contributed by atoms with Crippen LogP contribution in [0.2, 0.25) is 0 Å². The maximum atomic E-state index is 12.7. The number of rotatable bonds is 5. The quantitative estimate of drug-likeness (QED) is 0.887. The third kappa shape index (κ3) is 4.04. The van der Waals surface area contributed by atoms with E-state index in [1.165, 1.54) is 0 Å². The summed E-state index contributed by atoms with van der Waals surface area (Å²) in [5.41, 5.74) is 1.58. The zero-order chi connectivity index (χ0) is 18.5. The molecule has 138 valence electrons. The Kier molecular flexibility index (Phi) is 5.55. The summed E-state index contributed by atoms with van der Waals surface area (Å²) < 4.78 is 5.44. The molecule has 1 fully saturated rings. The summed E-state index contributed by atoms with van der Waals surface area (Å²) in [5.74, 6) is 1.37. The zero-order valence-electron chi connectivity index (χ0n) is 15.5. The molecule has 3 rings (SSSR count). The van der Waals surface area contributed by atoms with Gasteiger partial charge in [0, 0.05) is 44.6 Å². The van der Waals surface area contributed by atoms with Gasteiger partial charge in [0.2, 0.25) is 5.95 Å². The highest BCUT2D eigenvalue weighted by Crippen LogP contribution is 2.28. The van der Waals surface area contributed by atoms with Gasteiger partial charge in [0.05, 0.1) is 18.4 Å². The van der Waals surface area contributed by atoms with Crippen molar-refractivity contribution in [2.75, 3.05) is 43.5 Å². The maximum Gasteiger partial charge on any atom is 0.257 e. The number of benzene rings is 1. The van der Waals surface area contributed by atoms with E-state index in [0.29, 0.717) is 24.6 Å². The van der Waals surface area contributed by atoms with E-state index >= 15 is 0 Å². The summed E-state index contributed by atoms with van der Waals surface area (Å²) in [6.45, 7) is 6.87. The number of methoxy groups -OCH3 is 1. The molecular weight excluding hydrogens is 330 g/mol. The van der Waals surface area contributed by atoms with Crippen LogP contribution in [-0.2, 0) is 0 Å². The van der Waals surface area contributed by atoms with Crippen molar-refractivity contribution in [3.05, 3.63) is 42.2 Å². The largest absolute Gasteiger partial charge is 0.495 e. The minimum atomic E-state index is -0.0271. The molecule has 0 saturated carbocycles. The molecule has 1 aliphatic rings. The van der Waals surface area contributed by atoms with Gasteiger partial charge in [-0.15, -0.1) is 0 Å². The van der Waals surface area contributed by atoms with E-state index < -0.39 is 0 Å². The Hall–Kier alpha value is -2.83. The summed E-state index contributed by atoms with van der Waals surface area (Å²) in [7, 11) is 1.68. The maximum absolute atomic E-state index is 12.7. The Labute approximate surface area is 154 Å². The molecule has 0 atom stereocenters. The number of carbonyl (C=O) groups is 1. The number of nitrogens with one attached hydrogen (secondary N) is 1. The van der Waals surface area contributed by atoms with Crippen LogP contribution in [0.25, 0.3) is 0 Å². The molecule has 7 nitrogen and oxygen atoms in total. The Bertz CT molecular complexity index is 740. The predicted octanol–water partition coefficient (Wildman–Crippen LogP) is 2.27. The summed E-state index contributed by atoms with van der Waals surface area (Å²) >= 11 is 0. The number of amides is 1. The van der Waals surface area contributed by atoms with E-state index in [1.807, 2.05) is 43.0 Å². The lowest BCUT2D eigenvalue weighted by Crippen LogP contribution is -2.48. The van der Waals surface area contributed by atoms with Crippen molar-refractivity contribution in [2.45, 2.75) is 19.9 Å². The average Bonchev–Trinajstić information content (AvgIpc) is 2.67. The number of anilines is 2. The summed E-state index contributed by atoms with van der Waals surface area (Å²) in [6.07, 6.45) is 3.18. The first-order chi connectivity index (χ1) is 12.6. The van der Waals surface area contributed by atoms with Crippen LogP contribution >= 0.6 is 0 Å². The van der Waals surface area contributed by atoms with Crippen LogP contribution in [0.15, 0.2) is 36.7 Å². The van der Waals surface area contributed by atoms with Crippen LogP contribution in [0.4, 0.5) is 11.6 Å². The third-order valence-electron chi connectivity index (χ3n) is 4.31. The molecular formula is C19H25N5O2. The van der Waals surface area contributed by atoms with Gasteiger partial charge in [-0.05, 0) is 26.0 Å². The molecule has 2 aromatic rings. The highest BCUT2D eigenvalue weighted by Gasteiger charge is 2.24. The van der Waals surface area contributed by atoms with E-state index in [9.17, 15) is 4.79 Å². The van der Waals surface area contributed by atoms with Gasteiger partial charge in [0.25, 0.3) is 5.91 Å². The smallest absolute Gasteiger partial charge is 0.257 e. The molecule has 1 aliphatic heterocycles. The molecule has 0 spiro atoms. The van der Waals surface area contributed by atoms with E-state index in [-0.39, 0.29) is 11.9 Å². The summed E-state index contributed by atoms with van der Waals surface area (Å²) in [6, 6.07) is 8.21. The van der Waals surface area contributed by atoms with E-state index in [0.717, 1.165) is 24.5 Å². The molecule has 0 unspecified atom stereocenters. The number of hydrogen-bond acceptors (Lipinski definition) is 6. The second-order valence-electron chi connectivity index (χ2n) is 6.55. The highest BCUT2D eigenvalue weighted by atomic mass is 16.5. The lowest BCUT2D eigenvalue weighted by Gasteiger charge is -2.36. The second kappa shape index (κ2) is 8.03. The minimum Gasteiger partial charge on any atom is -0.495 e. The number of hydrogen-bond donors (Lipinski definition) is 1. The van der Waals surface area contributed by atoms with Crippen molar-refractivity contribution in [1.29, 1.82) is 0 Å². The Balaban J connectivity index is 1.61. The van der Waals surface area contributed by atoms with Crippen LogP contribution in [0.5, 0.6) is 5.75 Å². The highest BCUT2D eigenvalue weighted by molar-refractivity contribution is 5.93. The fourth-order valence-corrected chi connectivity index (χ4v) is 3.00. The number of piperazine rings is 1. The average molecular weight is 355 g/mol. The van der Waals surface area contributed by atoms with Crippen molar-refractivity contribution >= 4 is 17.5 Å². The molecule has 1 saturated heterocycles. The third-order valence-corrected chi connectivity index (χ3v) is 4.31. The Morgan fingerprint density at radius 3 is 2.38 bits per heavy atom. The number of para-hydroxylation sites is 2. The van der Waals surface area contributed by atoms with Crippen LogP contribution in [0.3, 0.4) is 0 Å². The van der Waals surface area contributed by atoms with Gasteiger partial charge in [-0.2, -0.15) is 0 Å². The number of nitrogens with zero attached hydrogens (tertiary/aromatic N) is 4. The normalized spacial score (nSPS) is 14.5. The standard InChI is InChI=1S/C19H25N5O2/c1-14(2)22-19-20-12-15(13-21-19)18(25)24-10-8-23(9-11-24)16-6-4-5-7-17(16)26-3/h4-7,12-14H,8-11H2,1-3H3,(H,20,21,22). The first-order valence-corrected chi connectivity index (χ1v) is 8.84. The fourth-order valence-electron chi connectivity index (χ4n) is 3.00. The van der Waals surface area contributed by atoms with Gasteiger partial charge in [0.15, 0.2) is 0 Å². The number of ether oxygens (including phenoxy) is 1. The van der Waals surface area contributed by atoms with Crippen molar-refractivity contribution in [1.82, 2.24) is 14.9 Å². The fraction of sp³-hybridized carbons (Fsp3) is 0.421. The van der Waals surface area contributed by atoms with Gasteiger partial charge >= 0.3 is 0 Å². The number of carbonyl (C=O) groups excluding carboxylic acids is 1. The van der Waals surface area contributed by atoms with Gasteiger partial charge in [-0.25, -0.2) is 9.97 Å². The topological polar surface area (TPSA) is 70.6 Å². The van der Waals surface area contributed by atoms with Crippen LogP contribution < -0.4 is 15.0 Å². The molecule has 0 aliphatic carbocycles. The van der Waals surface area contributed by atoms with E-state index in [4.69, 9.17) is 4.74 Å². The molecule has 1 aromatic heterocycles. The molecule has 7 heteroatoms.